The molecular formula is C12H10FN7OS. The lowest BCUT2D eigenvalue weighted by Gasteiger charge is -1.99. The number of anilines is 1. The van der Waals surface area contributed by atoms with Crippen LogP contribution >= 0.6 is 11.3 Å². The Morgan fingerprint density at radius 2 is 2.14 bits per heavy atom. The van der Waals surface area contributed by atoms with Gasteiger partial charge < -0.3 is 0 Å². The van der Waals surface area contributed by atoms with E-state index in [1.165, 1.54) is 17.4 Å². The first-order valence-corrected chi connectivity index (χ1v) is 7.06. The number of amides is 1. The Hall–Kier alpha value is -2.75. The van der Waals surface area contributed by atoms with Gasteiger partial charge in [0.1, 0.15) is 17.4 Å². The highest BCUT2D eigenvalue weighted by Crippen LogP contribution is 2.17. The lowest BCUT2D eigenvalue weighted by molar-refractivity contribution is -0.117. The molecule has 1 N–H and O–H groups in total. The SMILES string of the molecule is Cc1nnc(NC(=O)Cn2nnc(-c3ccccc3F)n2)s1. The van der Waals surface area contributed by atoms with E-state index in [0.717, 1.165) is 9.80 Å². The van der Waals surface area contributed by atoms with Crippen LogP contribution < -0.4 is 5.32 Å². The third kappa shape index (κ3) is 3.11. The highest BCUT2D eigenvalue weighted by atomic mass is 32.1. The minimum Gasteiger partial charge on any atom is -0.299 e. The van der Waals surface area contributed by atoms with Crippen LogP contribution in [0.4, 0.5) is 9.52 Å². The van der Waals surface area contributed by atoms with Gasteiger partial charge in [0.05, 0.1) is 5.56 Å². The van der Waals surface area contributed by atoms with E-state index >= 15 is 0 Å². The molecule has 0 bridgehead atoms. The van der Waals surface area contributed by atoms with E-state index in [4.69, 9.17) is 0 Å². The molecule has 0 spiro atoms. The molecule has 0 aliphatic carbocycles. The molecule has 2 heterocycles. The van der Waals surface area contributed by atoms with Crippen LogP contribution in [0.2, 0.25) is 0 Å². The van der Waals surface area contributed by atoms with Crippen LogP contribution in [-0.4, -0.2) is 36.3 Å². The summed E-state index contributed by atoms with van der Waals surface area (Å²) < 4.78 is 13.6. The van der Waals surface area contributed by atoms with Crippen LogP contribution in [0, 0.1) is 12.7 Å². The van der Waals surface area contributed by atoms with Crippen LogP contribution in [0.25, 0.3) is 11.4 Å². The average Bonchev–Trinajstić information content (AvgIpc) is 3.09. The van der Waals surface area contributed by atoms with E-state index in [1.54, 1.807) is 25.1 Å². The number of hydrogen-bond acceptors (Lipinski definition) is 7. The van der Waals surface area contributed by atoms with Gasteiger partial charge in [-0.25, -0.2) is 4.39 Å². The summed E-state index contributed by atoms with van der Waals surface area (Å²) in [6.07, 6.45) is 0. The average molecular weight is 319 g/mol. The van der Waals surface area contributed by atoms with Crippen LogP contribution in [0.5, 0.6) is 0 Å². The van der Waals surface area contributed by atoms with Crippen molar-refractivity contribution in [3.05, 3.63) is 35.1 Å². The lowest BCUT2D eigenvalue weighted by Crippen LogP contribution is -2.20. The number of benzene rings is 1. The van der Waals surface area contributed by atoms with E-state index in [-0.39, 0.29) is 23.8 Å². The molecule has 112 valence electrons. The minimum atomic E-state index is -0.448. The molecule has 1 amide bonds. The Labute approximate surface area is 128 Å². The predicted octanol–water partition coefficient (Wildman–Crippen LogP) is 1.28. The number of hydrogen-bond donors (Lipinski definition) is 1. The lowest BCUT2D eigenvalue weighted by atomic mass is 10.2. The van der Waals surface area contributed by atoms with Crippen molar-refractivity contribution in [2.24, 2.45) is 0 Å². The smallest absolute Gasteiger partial charge is 0.249 e. The van der Waals surface area contributed by atoms with Crippen LogP contribution in [0.3, 0.4) is 0 Å². The molecule has 0 fully saturated rings. The Balaban J connectivity index is 1.69. The van der Waals surface area contributed by atoms with E-state index in [0.29, 0.717) is 5.13 Å². The molecule has 22 heavy (non-hydrogen) atoms. The maximum atomic E-state index is 13.6. The van der Waals surface area contributed by atoms with Gasteiger partial charge in [-0.15, -0.1) is 20.4 Å². The van der Waals surface area contributed by atoms with Crippen molar-refractivity contribution in [1.82, 2.24) is 30.4 Å². The molecule has 0 saturated carbocycles. The van der Waals surface area contributed by atoms with E-state index < -0.39 is 5.82 Å². The van der Waals surface area contributed by atoms with Gasteiger partial charge in [0, 0.05) is 0 Å². The Morgan fingerprint density at radius 3 is 2.86 bits per heavy atom. The number of carbonyl (C=O) groups excluding carboxylic acids is 1. The summed E-state index contributed by atoms with van der Waals surface area (Å²) in [5.74, 6) is -0.692. The number of aromatic nitrogens is 6. The third-order valence-corrected chi connectivity index (χ3v) is 3.38. The minimum absolute atomic E-state index is 0.123. The topological polar surface area (TPSA) is 98.5 Å². The standard InChI is InChI=1S/C12H10FN7OS/c1-7-15-17-12(22-7)14-10(21)6-20-18-11(16-19-20)8-4-2-3-5-9(8)13/h2-5H,6H2,1H3,(H,14,17,21). The number of halogens is 1. The van der Waals surface area contributed by atoms with Crippen LogP contribution in [0.1, 0.15) is 5.01 Å². The van der Waals surface area contributed by atoms with Crippen molar-refractivity contribution in [3.8, 4) is 11.4 Å². The van der Waals surface area contributed by atoms with Gasteiger partial charge in [-0.05, 0) is 24.3 Å². The monoisotopic (exact) mass is 319 g/mol. The van der Waals surface area contributed by atoms with Crippen molar-refractivity contribution < 1.29 is 9.18 Å². The molecule has 2 aromatic heterocycles. The molecule has 0 aliphatic heterocycles. The van der Waals surface area contributed by atoms with Crippen molar-refractivity contribution >= 4 is 22.4 Å². The summed E-state index contributed by atoms with van der Waals surface area (Å²) in [5, 5.41) is 22.8. The highest BCUT2D eigenvalue weighted by molar-refractivity contribution is 7.15. The molecule has 8 nitrogen and oxygen atoms in total. The van der Waals surface area contributed by atoms with Gasteiger partial charge in [-0.3, -0.25) is 10.1 Å². The molecular weight excluding hydrogens is 309 g/mol. The molecule has 3 rings (SSSR count). The summed E-state index contributed by atoms with van der Waals surface area (Å²) in [6, 6.07) is 6.09. The predicted molar refractivity (Wildman–Crippen MR) is 76.5 cm³/mol. The molecule has 0 aliphatic rings. The van der Waals surface area contributed by atoms with Crippen molar-refractivity contribution in [2.75, 3.05) is 5.32 Å². The van der Waals surface area contributed by atoms with Crippen molar-refractivity contribution in [2.45, 2.75) is 13.5 Å². The van der Waals surface area contributed by atoms with Gasteiger partial charge >= 0.3 is 0 Å². The van der Waals surface area contributed by atoms with E-state index in [2.05, 4.69) is 30.9 Å². The summed E-state index contributed by atoms with van der Waals surface area (Å²) in [6.45, 7) is 1.63. The quantitative estimate of drug-likeness (QED) is 0.778. The van der Waals surface area contributed by atoms with Crippen molar-refractivity contribution in [1.29, 1.82) is 0 Å². The molecule has 3 aromatic rings. The molecule has 0 radical (unpaired) electrons. The second-order valence-electron chi connectivity index (χ2n) is 4.30. The third-order valence-electron chi connectivity index (χ3n) is 2.63. The molecule has 0 unspecified atom stereocenters. The van der Waals surface area contributed by atoms with Gasteiger partial charge in [0.2, 0.25) is 16.9 Å². The van der Waals surface area contributed by atoms with E-state index in [9.17, 15) is 9.18 Å². The molecule has 1 aromatic carbocycles. The Bertz CT molecular complexity index is 815. The summed E-state index contributed by atoms with van der Waals surface area (Å²) in [7, 11) is 0. The zero-order valence-corrected chi connectivity index (χ0v) is 12.2. The first kappa shape index (κ1) is 14.2. The fourth-order valence-corrected chi connectivity index (χ4v) is 2.30. The Kier molecular flexibility index (Phi) is 3.83. The molecule has 0 atom stereocenters. The maximum Gasteiger partial charge on any atom is 0.249 e. The zero-order chi connectivity index (χ0) is 15.5. The first-order chi connectivity index (χ1) is 10.6. The maximum absolute atomic E-state index is 13.6. The number of carbonyl (C=O) groups is 1. The summed E-state index contributed by atoms with van der Waals surface area (Å²) in [5.41, 5.74) is 0.230. The second kappa shape index (κ2) is 5.93. The second-order valence-corrected chi connectivity index (χ2v) is 5.48. The largest absolute Gasteiger partial charge is 0.299 e. The van der Waals surface area contributed by atoms with Crippen LogP contribution in [-0.2, 0) is 11.3 Å². The number of tetrazole rings is 1. The van der Waals surface area contributed by atoms with Gasteiger partial charge in [0.15, 0.2) is 0 Å². The summed E-state index contributed by atoms with van der Waals surface area (Å²) in [4.78, 5) is 12.9. The fraction of sp³-hybridized carbons (Fsp3) is 0.167. The summed E-state index contributed by atoms with van der Waals surface area (Å²) >= 11 is 1.26. The molecule has 0 saturated heterocycles. The number of aryl methyl sites for hydroxylation is 1. The zero-order valence-electron chi connectivity index (χ0n) is 11.4. The van der Waals surface area contributed by atoms with Crippen LogP contribution in [0.15, 0.2) is 24.3 Å². The normalized spacial score (nSPS) is 10.6. The fourth-order valence-electron chi connectivity index (χ4n) is 1.69. The number of nitrogens with one attached hydrogen (secondary N) is 1. The Morgan fingerprint density at radius 1 is 1.32 bits per heavy atom. The van der Waals surface area contributed by atoms with Gasteiger partial charge in [0.25, 0.3) is 0 Å². The van der Waals surface area contributed by atoms with Gasteiger partial charge in [-0.1, -0.05) is 23.5 Å². The molecule has 10 heteroatoms. The number of nitrogens with zero attached hydrogens (tertiary/aromatic N) is 6. The number of rotatable bonds is 4. The van der Waals surface area contributed by atoms with Gasteiger partial charge in [-0.2, -0.15) is 4.80 Å². The first-order valence-electron chi connectivity index (χ1n) is 6.24. The van der Waals surface area contributed by atoms with Crippen molar-refractivity contribution in [3.63, 3.8) is 0 Å². The van der Waals surface area contributed by atoms with E-state index in [1.807, 2.05) is 0 Å². The highest BCUT2D eigenvalue weighted by Gasteiger charge is 2.13.